The summed E-state index contributed by atoms with van der Waals surface area (Å²) in [5.74, 6) is -0.552. The second-order valence-electron chi connectivity index (χ2n) is 8.01. The zero-order valence-corrected chi connectivity index (χ0v) is 19.5. The van der Waals surface area contributed by atoms with Gasteiger partial charge in [0.1, 0.15) is 16.4 Å². The molecule has 0 amide bonds. The second-order valence-corrected chi connectivity index (χ2v) is 9.08. The third-order valence-corrected chi connectivity index (χ3v) is 6.97. The topological polar surface area (TPSA) is 103 Å². The second kappa shape index (κ2) is 9.13. The molecule has 0 aliphatic rings. The lowest BCUT2D eigenvalue weighted by Crippen LogP contribution is -2.44. The van der Waals surface area contributed by atoms with Crippen molar-refractivity contribution < 1.29 is 4.79 Å². The Morgan fingerprint density at radius 1 is 1.12 bits per heavy atom. The Hall–Kier alpha value is -3.56. The maximum atomic E-state index is 13.2. The van der Waals surface area contributed by atoms with E-state index in [1.807, 2.05) is 66.4 Å². The number of nitrogens with two attached hydrogens (primary N) is 1. The molecule has 0 radical (unpaired) electrons. The van der Waals surface area contributed by atoms with E-state index in [-0.39, 0.29) is 30.5 Å². The molecular formula is C24H25N5O3S. The largest absolute Gasteiger partial charge is 0.384 e. The fourth-order valence-corrected chi connectivity index (χ4v) is 4.75. The number of likely N-dealkylation sites (N-methyl/N-ethyl adjacent to an activating group) is 1. The van der Waals surface area contributed by atoms with Crippen LogP contribution < -0.4 is 17.0 Å². The van der Waals surface area contributed by atoms with Crippen LogP contribution in [0.4, 0.5) is 5.82 Å². The molecule has 0 spiro atoms. The van der Waals surface area contributed by atoms with E-state index in [2.05, 4.69) is 4.98 Å². The monoisotopic (exact) mass is 463 g/mol. The molecule has 9 heteroatoms. The number of aromatic nitrogens is 3. The highest BCUT2D eigenvalue weighted by atomic mass is 32.1. The number of fused-ring (bicyclic) bond motifs is 1. The molecule has 2 N–H and O–H groups in total. The summed E-state index contributed by atoms with van der Waals surface area (Å²) in [6, 6.07) is 17.0. The van der Waals surface area contributed by atoms with Crippen LogP contribution in [-0.4, -0.2) is 38.4 Å². The first-order valence-corrected chi connectivity index (χ1v) is 11.3. The molecule has 0 fully saturated rings. The van der Waals surface area contributed by atoms with E-state index in [1.54, 1.807) is 18.4 Å². The summed E-state index contributed by atoms with van der Waals surface area (Å²) in [5.41, 5.74) is 6.55. The van der Waals surface area contributed by atoms with Gasteiger partial charge >= 0.3 is 5.69 Å². The maximum absolute atomic E-state index is 13.2. The van der Waals surface area contributed by atoms with E-state index in [0.29, 0.717) is 0 Å². The van der Waals surface area contributed by atoms with E-state index < -0.39 is 17.0 Å². The first-order valence-electron chi connectivity index (χ1n) is 10.5. The van der Waals surface area contributed by atoms with Crippen molar-refractivity contribution in [3.8, 4) is 0 Å². The van der Waals surface area contributed by atoms with Crippen molar-refractivity contribution in [1.82, 2.24) is 19.0 Å². The highest BCUT2D eigenvalue weighted by Gasteiger charge is 2.25. The zero-order chi connectivity index (χ0) is 23.7. The number of para-hydroxylation sites is 1. The van der Waals surface area contributed by atoms with Crippen molar-refractivity contribution in [2.24, 2.45) is 7.05 Å². The standard InChI is InChI=1S/C24H25N5O3S/c1-15(22-26-17-11-7-8-12-19(17)33-22)27(2)14-18(30)20-21(25)29(24(32)28(3)23(20)31)13-16-9-5-4-6-10-16/h4-12,15H,13-14,25H2,1-3H3/t15-/m1/s1. The number of rotatable bonds is 7. The van der Waals surface area contributed by atoms with Gasteiger partial charge < -0.3 is 5.73 Å². The Bertz CT molecular complexity index is 1410. The summed E-state index contributed by atoms with van der Waals surface area (Å²) in [4.78, 5) is 45.2. The number of ketones is 1. The molecule has 0 saturated heterocycles. The number of thiazole rings is 1. The first-order chi connectivity index (χ1) is 15.8. The Balaban J connectivity index is 1.63. The molecule has 1 atom stereocenters. The molecule has 0 bridgehead atoms. The van der Waals surface area contributed by atoms with Gasteiger partial charge in [-0.1, -0.05) is 42.5 Å². The van der Waals surface area contributed by atoms with E-state index in [9.17, 15) is 14.4 Å². The predicted octanol–water partition coefficient (Wildman–Crippen LogP) is 2.66. The summed E-state index contributed by atoms with van der Waals surface area (Å²) in [6.07, 6.45) is 0. The molecule has 0 aliphatic carbocycles. The molecule has 0 unspecified atom stereocenters. The third-order valence-electron chi connectivity index (χ3n) is 5.77. The van der Waals surface area contributed by atoms with Gasteiger partial charge in [0.2, 0.25) is 0 Å². The molecule has 0 aliphatic heterocycles. The minimum atomic E-state index is -0.687. The number of nitrogen functional groups attached to an aromatic ring is 1. The average Bonchev–Trinajstić information content (AvgIpc) is 3.25. The quantitative estimate of drug-likeness (QED) is 0.423. The molecule has 4 aromatic rings. The van der Waals surface area contributed by atoms with Gasteiger partial charge in [0.15, 0.2) is 5.78 Å². The normalized spacial score (nSPS) is 12.4. The van der Waals surface area contributed by atoms with Crippen LogP contribution in [0.1, 0.15) is 33.9 Å². The predicted molar refractivity (Wildman–Crippen MR) is 131 cm³/mol. The van der Waals surface area contributed by atoms with Crippen LogP contribution in [0.25, 0.3) is 10.2 Å². The van der Waals surface area contributed by atoms with Crippen LogP contribution >= 0.6 is 11.3 Å². The van der Waals surface area contributed by atoms with Gasteiger partial charge in [-0.2, -0.15) is 0 Å². The van der Waals surface area contributed by atoms with Crippen molar-refractivity contribution >= 4 is 33.2 Å². The Morgan fingerprint density at radius 3 is 2.48 bits per heavy atom. The van der Waals surface area contributed by atoms with Crippen LogP contribution in [-0.2, 0) is 13.6 Å². The zero-order valence-electron chi connectivity index (χ0n) is 18.7. The molecule has 8 nitrogen and oxygen atoms in total. The van der Waals surface area contributed by atoms with Crippen LogP contribution in [0.5, 0.6) is 0 Å². The number of Topliss-reactive ketones (excluding diaryl/α,β-unsaturated/α-hetero) is 1. The van der Waals surface area contributed by atoms with Crippen molar-refractivity contribution in [3.05, 3.63) is 91.6 Å². The number of carbonyl (C=O) groups is 1. The van der Waals surface area contributed by atoms with Gasteiger partial charge in [0.25, 0.3) is 5.56 Å². The number of anilines is 1. The fraction of sp³-hybridized carbons (Fsp3) is 0.250. The first kappa shape index (κ1) is 22.6. The number of hydrogen-bond acceptors (Lipinski definition) is 7. The SMILES string of the molecule is C[C@H](c1nc2ccccc2s1)N(C)CC(=O)c1c(N)n(Cc2ccccc2)c(=O)n(C)c1=O. The van der Waals surface area contributed by atoms with Crippen molar-refractivity contribution in [1.29, 1.82) is 0 Å². The third kappa shape index (κ3) is 4.37. The van der Waals surface area contributed by atoms with Gasteiger partial charge in [-0.15, -0.1) is 11.3 Å². The van der Waals surface area contributed by atoms with Crippen LogP contribution in [0.3, 0.4) is 0 Å². The molecule has 2 aromatic heterocycles. The molecular weight excluding hydrogens is 438 g/mol. The number of benzene rings is 2. The lowest BCUT2D eigenvalue weighted by Gasteiger charge is -2.22. The molecule has 170 valence electrons. The highest BCUT2D eigenvalue weighted by molar-refractivity contribution is 7.18. The average molecular weight is 464 g/mol. The van der Waals surface area contributed by atoms with Gasteiger partial charge in [0.05, 0.1) is 29.3 Å². The van der Waals surface area contributed by atoms with Crippen LogP contribution in [0.2, 0.25) is 0 Å². The summed E-state index contributed by atoms with van der Waals surface area (Å²) < 4.78 is 3.27. The van der Waals surface area contributed by atoms with E-state index in [1.165, 1.54) is 11.6 Å². The molecule has 2 aromatic carbocycles. The smallest absolute Gasteiger partial charge is 0.332 e. The number of carbonyl (C=O) groups excluding carboxylic acids is 1. The minimum Gasteiger partial charge on any atom is -0.384 e. The summed E-state index contributed by atoms with van der Waals surface area (Å²) in [6.45, 7) is 2.08. The Morgan fingerprint density at radius 2 is 1.79 bits per heavy atom. The van der Waals surface area contributed by atoms with Crippen molar-refractivity contribution in [2.75, 3.05) is 19.3 Å². The van der Waals surface area contributed by atoms with E-state index in [0.717, 1.165) is 25.4 Å². The summed E-state index contributed by atoms with van der Waals surface area (Å²) in [7, 11) is 3.16. The van der Waals surface area contributed by atoms with Gasteiger partial charge in [-0.05, 0) is 31.7 Å². The van der Waals surface area contributed by atoms with Crippen molar-refractivity contribution in [3.63, 3.8) is 0 Å². The van der Waals surface area contributed by atoms with E-state index >= 15 is 0 Å². The molecule has 0 saturated carbocycles. The Kier molecular flexibility index (Phi) is 6.26. The lowest BCUT2D eigenvalue weighted by atomic mass is 10.1. The number of hydrogen-bond donors (Lipinski definition) is 1. The summed E-state index contributed by atoms with van der Waals surface area (Å²) >= 11 is 1.57. The Labute approximate surface area is 194 Å². The summed E-state index contributed by atoms with van der Waals surface area (Å²) in [5, 5.41) is 0.876. The number of nitrogens with zero attached hydrogens (tertiary/aromatic N) is 4. The minimum absolute atomic E-state index is 0.0416. The molecule has 33 heavy (non-hydrogen) atoms. The molecule has 2 heterocycles. The van der Waals surface area contributed by atoms with Crippen molar-refractivity contribution in [2.45, 2.75) is 19.5 Å². The van der Waals surface area contributed by atoms with E-state index in [4.69, 9.17) is 5.73 Å². The maximum Gasteiger partial charge on any atom is 0.332 e. The van der Waals surface area contributed by atoms with Gasteiger partial charge in [-0.25, -0.2) is 9.78 Å². The fourth-order valence-electron chi connectivity index (χ4n) is 3.66. The van der Waals surface area contributed by atoms with Crippen LogP contribution in [0, 0.1) is 0 Å². The van der Waals surface area contributed by atoms with Gasteiger partial charge in [0, 0.05) is 7.05 Å². The van der Waals surface area contributed by atoms with Crippen LogP contribution in [0.15, 0.2) is 64.2 Å². The van der Waals surface area contributed by atoms with Gasteiger partial charge in [-0.3, -0.25) is 23.6 Å². The highest BCUT2D eigenvalue weighted by Crippen LogP contribution is 2.28. The molecule has 4 rings (SSSR count). The lowest BCUT2D eigenvalue weighted by molar-refractivity contribution is 0.0922.